The van der Waals surface area contributed by atoms with E-state index in [2.05, 4.69) is 10.6 Å². The van der Waals surface area contributed by atoms with Gasteiger partial charge >= 0.3 is 0 Å². The summed E-state index contributed by atoms with van der Waals surface area (Å²) in [5.74, 6) is -0.0334. The highest BCUT2D eigenvalue weighted by molar-refractivity contribution is 5.92. The molecule has 0 saturated heterocycles. The van der Waals surface area contributed by atoms with Gasteiger partial charge in [-0.15, -0.1) is 0 Å². The third-order valence-corrected chi connectivity index (χ3v) is 2.93. The van der Waals surface area contributed by atoms with Gasteiger partial charge in [0.1, 0.15) is 0 Å². The molecule has 0 radical (unpaired) electrons. The number of amides is 1. The summed E-state index contributed by atoms with van der Waals surface area (Å²) in [5, 5.41) is 6.05. The third kappa shape index (κ3) is 4.23. The molecule has 0 saturated carbocycles. The first-order valence-electron chi connectivity index (χ1n) is 6.39. The van der Waals surface area contributed by atoms with E-state index in [1.165, 1.54) is 5.56 Å². The van der Waals surface area contributed by atoms with Crippen LogP contribution in [-0.2, 0) is 4.79 Å². The summed E-state index contributed by atoms with van der Waals surface area (Å²) in [4.78, 5) is 11.8. The van der Waals surface area contributed by atoms with E-state index in [4.69, 9.17) is 0 Å². The molecule has 2 N–H and O–H groups in total. The van der Waals surface area contributed by atoms with Gasteiger partial charge in [0.05, 0.1) is 6.54 Å². The Labute approximate surface area is 113 Å². The molecule has 98 valence electrons. The van der Waals surface area contributed by atoms with E-state index >= 15 is 0 Å². The highest BCUT2D eigenvalue weighted by atomic mass is 16.1. The fourth-order valence-corrected chi connectivity index (χ4v) is 1.83. The average molecular weight is 254 g/mol. The SMILES string of the molecule is CC(NCC(=O)Nc1ccccc1)c1ccccc1. The molecule has 0 fully saturated rings. The van der Waals surface area contributed by atoms with E-state index in [0.29, 0.717) is 6.54 Å². The lowest BCUT2D eigenvalue weighted by Crippen LogP contribution is -2.30. The molecule has 1 unspecified atom stereocenters. The molecule has 2 aromatic carbocycles. The van der Waals surface area contributed by atoms with Gasteiger partial charge in [-0.2, -0.15) is 0 Å². The zero-order valence-electron chi connectivity index (χ0n) is 11.0. The summed E-state index contributed by atoms with van der Waals surface area (Å²) in [7, 11) is 0. The lowest BCUT2D eigenvalue weighted by molar-refractivity contribution is -0.115. The molecule has 19 heavy (non-hydrogen) atoms. The number of para-hydroxylation sites is 1. The van der Waals surface area contributed by atoms with Crippen LogP contribution in [0.1, 0.15) is 18.5 Å². The summed E-state index contributed by atoms with van der Waals surface area (Å²) in [5.41, 5.74) is 2.00. The zero-order chi connectivity index (χ0) is 13.5. The van der Waals surface area contributed by atoms with Gasteiger partial charge in [0, 0.05) is 11.7 Å². The monoisotopic (exact) mass is 254 g/mol. The van der Waals surface area contributed by atoms with Gasteiger partial charge in [-0.3, -0.25) is 4.79 Å². The predicted molar refractivity (Wildman–Crippen MR) is 77.9 cm³/mol. The Kier molecular flexibility index (Phi) is 4.70. The van der Waals surface area contributed by atoms with Crippen molar-refractivity contribution >= 4 is 11.6 Å². The Balaban J connectivity index is 1.81. The quantitative estimate of drug-likeness (QED) is 0.861. The molecule has 2 aromatic rings. The normalized spacial score (nSPS) is 11.8. The first kappa shape index (κ1) is 13.3. The van der Waals surface area contributed by atoms with Crippen molar-refractivity contribution in [2.24, 2.45) is 0 Å². The van der Waals surface area contributed by atoms with E-state index in [0.717, 1.165) is 5.69 Å². The molecule has 0 aliphatic heterocycles. The number of hydrogen-bond donors (Lipinski definition) is 2. The van der Waals surface area contributed by atoms with Gasteiger partial charge in [0.2, 0.25) is 5.91 Å². The second-order valence-corrected chi connectivity index (χ2v) is 4.43. The zero-order valence-corrected chi connectivity index (χ0v) is 11.0. The largest absolute Gasteiger partial charge is 0.325 e. The summed E-state index contributed by atoms with van der Waals surface area (Å²) in [6.45, 7) is 2.34. The van der Waals surface area contributed by atoms with Crippen LogP contribution in [0.25, 0.3) is 0 Å². The van der Waals surface area contributed by atoms with Gasteiger partial charge in [0.15, 0.2) is 0 Å². The summed E-state index contributed by atoms with van der Waals surface area (Å²) in [6, 6.07) is 19.7. The van der Waals surface area contributed by atoms with E-state index in [-0.39, 0.29) is 11.9 Å². The van der Waals surface area contributed by atoms with E-state index in [1.54, 1.807) is 0 Å². The molecule has 0 heterocycles. The Morgan fingerprint density at radius 2 is 1.58 bits per heavy atom. The molecule has 0 aromatic heterocycles. The molecule has 3 heteroatoms. The van der Waals surface area contributed by atoms with Crippen LogP contribution in [0.15, 0.2) is 60.7 Å². The van der Waals surface area contributed by atoms with Crippen molar-refractivity contribution < 1.29 is 4.79 Å². The molecule has 1 atom stereocenters. The number of nitrogens with one attached hydrogen (secondary N) is 2. The van der Waals surface area contributed by atoms with Crippen LogP contribution in [0.3, 0.4) is 0 Å². The van der Waals surface area contributed by atoms with Crippen LogP contribution in [0, 0.1) is 0 Å². The predicted octanol–water partition coefficient (Wildman–Crippen LogP) is 2.98. The topological polar surface area (TPSA) is 41.1 Å². The number of carbonyl (C=O) groups excluding carboxylic acids is 1. The number of anilines is 1. The molecule has 0 aliphatic carbocycles. The fourth-order valence-electron chi connectivity index (χ4n) is 1.83. The smallest absolute Gasteiger partial charge is 0.238 e. The Morgan fingerprint density at radius 1 is 1.00 bits per heavy atom. The Bertz CT molecular complexity index is 511. The highest BCUT2D eigenvalue weighted by Gasteiger charge is 2.07. The van der Waals surface area contributed by atoms with E-state index in [1.807, 2.05) is 67.6 Å². The van der Waals surface area contributed by atoms with Crippen molar-refractivity contribution in [2.75, 3.05) is 11.9 Å². The second-order valence-electron chi connectivity index (χ2n) is 4.43. The van der Waals surface area contributed by atoms with Crippen molar-refractivity contribution in [3.8, 4) is 0 Å². The lowest BCUT2D eigenvalue weighted by atomic mass is 10.1. The van der Waals surface area contributed by atoms with Gasteiger partial charge in [-0.05, 0) is 24.6 Å². The Hall–Kier alpha value is -2.13. The minimum Gasteiger partial charge on any atom is -0.325 e. The standard InChI is InChI=1S/C16H18N2O/c1-13(14-8-4-2-5-9-14)17-12-16(19)18-15-10-6-3-7-11-15/h2-11,13,17H,12H2,1H3,(H,18,19). The average Bonchev–Trinajstić information content (AvgIpc) is 2.47. The fraction of sp³-hybridized carbons (Fsp3) is 0.188. The molecular weight excluding hydrogens is 236 g/mol. The highest BCUT2D eigenvalue weighted by Crippen LogP contribution is 2.10. The van der Waals surface area contributed by atoms with Gasteiger partial charge in [-0.25, -0.2) is 0 Å². The summed E-state index contributed by atoms with van der Waals surface area (Å²) in [6.07, 6.45) is 0. The second kappa shape index (κ2) is 6.71. The van der Waals surface area contributed by atoms with Crippen molar-refractivity contribution in [1.82, 2.24) is 5.32 Å². The molecule has 0 aliphatic rings. The van der Waals surface area contributed by atoms with Gasteiger partial charge in [-0.1, -0.05) is 48.5 Å². The van der Waals surface area contributed by atoms with Crippen LogP contribution < -0.4 is 10.6 Å². The van der Waals surface area contributed by atoms with Crippen molar-refractivity contribution in [1.29, 1.82) is 0 Å². The number of benzene rings is 2. The first-order chi connectivity index (χ1) is 9.25. The maximum atomic E-state index is 11.8. The maximum Gasteiger partial charge on any atom is 0.238 e. The molecule has 2 rings (SSSR count). The van der Waals surface area contributed by atoms with Crippen LogP contribution in [0.4, 0.5) is 5.69 Å². The number of hydrogen-bond acceptors (Lipinski definition) is 2. The van der Waals surface area contributed by atoms with Gasteiger partial charge < -0.3 is 10.6 Å². The van der Waals surface area contributed by atoms with Crippen LogP contribution in [0.2, 0.25) is 0 Å². The molecule has 3 nitrogen and oxygen atoms in total. The molecule has 1 amide bonds. The minimum atomic E-state index is -0.0334. The molecule has 0 spiro atoms. The van der Waals surface area contributed by atoms with Gasteiger partial charge in [0.25, 0.3) is 0 Å². The lowest BCUT2D eigenvalue weighted by Gasteiger charge is -2.14. The maximum absolute atomic E-state index is 11.8. The first-order valence-corrected chi connectivity index (χ1v) is 6.39. The Morgan fingerprint density at radius 3 is 2.21 bits per heavy atom. The van der Waals surface area contributed by atoms with E-state index in [9.17, 15) is 4.79 Å². The van der Waals surface area contributed by atoms with Crippen molar-refractivity contribution in [3.63, 3.8) is 0 Å². The van der Waals surface area contributed by atoms with Crippen LogP contribution in [-0.4, -0.2) is 12.5 Å². The third-order valence-electron chi connectivity index (χ3n) is 2.93. The summed E-state index contributed by atoms with van der Waals surface area (Å²) >= 11 is 0. The minimum absolute atomic E-state index is 0.0334. The summed E-state index contributed by atoms with van der Waals surface area (Å²) < 4.78 is 0. The van der Waals surface area contributed by atoms with Crippen LogP contribution in [0.5, 0.6) is 0 Å². The number of rotatable bonds is 5. The number of carbonyl (C=O) groups is 1. The van der Waals surface area contributed by atoms with E-state index < -0.39 is 0 Å². The molecule has 0 bridgehead atoms. The molecular formula is C16H18N2O. The van der Waals surface area contributed by atoms with Crippen LogP contribution >= 0.6 is 0 Å². The van der Waals surface area contributed by atoms with Crippen molar-refractivity contribution in [3.05, 3.63) is 66.2 Å². The van der Waals surface area contributed by atoms with Crippen molar-refractivity contribution in [2.45, 2.75) is 13.0 Å².